The average molecular weight is 465 g/mol. The van der Waals surface area contributed by atoms with Crippen LogP contribution in [-0.4, -0.2) is 29.4 Å². The van der Waals surface area contributed by atoms with Gasteiger partial charge in [-0.15, -0.1) is 0 Å². The van der Waals surface area contributed by atoms with Crippen molar-refractivity contribution in [3.8, 4) is 5.75 Å². The van der Waals surface area contributed by atoms with Gasteiger partial charge in [-0.2, -0.15) is 0 Å². The van der Waals surface area contributed by atoms with E-state index in [1.807, 2.05) is 24.3 Å². The Morgan fingerprint density at radius 2 is 1.80 bits per heavy atom. The third kappa shape index (κ3) is 6.01. The maximum atomic E-state index is 12.3. The molecule has 0 aliphatic carbocycles. The van der Waals surface area contributed by atoms with E-state index in [9.17, 15) is 4.79 Å². The van der Waals surface area contributed by atoms with Crippen LogP contribution in [0.5, 0.6) is 5.75 Å². The predicted molar refractivity (Wildman–Crippen MR) is 122 cm³/mol. The van der Waals surface area contributed by atoms with Crippen LogP contribution in [0, 0.1) is 6.92 Å². The molecule has 0 unspecified atom stereocenters. The minimum absolute atomic E-state index is 0.162. The van der Waals surface area contributed by atoms with E-state index in [2.05, 4.69) is 9.97 Å². The van der Waals surface area contributed by atoms with Gasteiger partial charge in [-0.3, -0.25) is 4.79 Å². The summed E-state index contributed by atoms with van der Waals surface area (Å²) < 4.78 is 10.9. The monoisotopic (exact) mass is 464 g/mol. The van der Waals surface area contributed by atoms with Crippen molar-refractivity contribution in [1.29, 1.82) is 0 Å². The number of ether oxygens (including phenoxy) is 2. The van der Waals surface area contributed by atoms with Crippen molar-refractivity contribution in [2.24, 2.45) is 0 Å². The average Bonchev–Trinajstić information content (AvgIpc) is 2.74. The van der Waals surface area contributed by atoms with Gasteiger partial charge in [0.1, 0.15) is 5.75 Å². The first kappa shape index (κ1) is 22.7. The molecule has 158 valence electrons. The lowest BCUT2D eigenvalue weighted by Gasteiger charge is -2.10. The maximum Gasteiger partial charge on any atom is 0.254 e. The molecule has 0 saturated carbocycles. The summed E-state index contributed by atoms with van der Waals surface area (Å²) in [4.78, 5) is 19.7. The van der Waals surface area contributed by atoms with Crippen LogP contribution in [0.2, 0.25) is 10.0 Å². The summed E-state index contributed by atoms with van der Waals surface area (Å²) in [5, 5.41) is 1.67. The molecule has 5 nitrogen and oxygen atoms in total. The second-order valence-electron chi connectivity index (χ2n) is 6.57. The highest BCUT2D eigenvalue weighted by atomic mass is 35.5. The molecular formula is C22H22Cl2N2O3S. The van der Waals surface area contributed by atoms with Crippen molar-refractivity contribution < 1.29 is 9.47 Å². The molecule has 1 N–H and O–H groups in total. The van der Waals surface area contributed by atoms with Crippen molar-refractivity contribution in [3.05, 3.63) is 85.2 Å². The van der Waals surface area contributed by atoms with Crippen molar-refractivity contribution in [2.75, 3.05) is 19.5 Å². The Hall–Kier alpha value is -1.99. The van der Waals surface area contributed by atoms with Gasteiger partial charge in [0.15, 0.2) is 5.16 Å². The van der Waals surface area contributed by atoms with Crippen LogP contribution in [0.1, 0.15) is 22.4 Å². The number of aromatic amines is 1. The van der Waals surface area contributed by atoms with E-state index in [1.165, 1.54) is 11.8 Å². The Labute approximate surface area is 189 Å². The van der Waals surface area contributed by atoms with Crippen LogP contribution in [0.25, 0.3) is 0 Å². The third-order valence-electron chi connectivity index (χ3n) is 4.53. The number of aromatic nitrogens is 2. The van der Waals surface area contributed by atoms with Crippen LogP contribution in [0.15, 0.2) is 52.4 Å². The Kier molecular flexibility index (Phi) is 8.22. The Bertz CT molecular complexity index is 1030. The molecule has 3 rings (SSSR count). The van der Waals surface area contributed by atoms with E-state index in [0.29, 0.717) is 51.8 Å². The van der Waals surface area contributed by atoms with E-state index in [1.54, 1.807) is 32.2 Å². The van der Waals surface area contributed by atoms with Crippen LogP contribution in [-0.2, 0) is 17.8 Å². The minimum Gasteiger partial charge on any atom is -0.497 e. The van der Waals surface area contributed by atoms with Gasteiger partial charge in [0, 0.05) is 27.8 Å². The number of hydrogen-bond acceptors (Lipinski definition) is 5. The van der Waals surface area contributed by atoms with Crippen molar-refractivity contribution in [3.63, 3.8) is 0 Å². The summed E-state index contributed by atoms with van der Waals surface area (Å²) in [6.45, 7) is 2.79. The number of nitrogens with one attached hydrogen (secondary N) is 1. The maximum absolute atomic E-state index is 12.3. The van der Waals surface area contributed by atoms with Crippen LogP contribution in [0.4, 0.5) is 0 Å². The molecule has 0 fully saturated rings. The summed E-state index contributed by atoms with van der Waals surface area (Å²) in [6.07, 6.45) is 0.399. The van der Waals surface area contributed by atoms with Gasteiger partial charge < -0.3 is 14.5 Å². The van der Waals surface area contributed by atoms with Crippen LogP contribution >= 0.6 is 35.0 Å². The first-order valence-corrected chi connectivity index (χ1v) is 11.1. The molecule has 1 aromatic heterocycles. The fraction of sp³-hybridized carbons (Fsp3) is 0.273. The van der Waals surface area contributed by atoms with Gasteiger partial charge in [-0.1, -0.05) is 53.2 Å². The molecule has 0 spiro atoms. The molecule has 0 amide bonds. The van der Waals surface area contributed by atoms with E-state index < -0.39 is 0 Å². The highest BCUT2D eigenvalue weighted by Gasteiger charge is 2.13. The number of nitrogens with zero attached hydrogens (tertiary/aromatic N) is 1. The van der Waals surface area contributed by atoms with E-state index in [-0.39, 0.29) is 5.56 Å². The molecule has 0 bridgehead atoms. The standard InChI is InChI=1S/C22H22Cl2N2O3S/c1-14-20(12-17-18(23)4-3-5-19(17)24)25-22(26-21(14)27)30-11-10-29-13-15-6-8-16(28-2)9-7-15/h3-9H,10-13H2,1-2H3,(H,25,26,27). The number of thioether (sulfide) groups is 1. The molecule has 0 atom stereocenters. The zero-order valence-corrected chi connectivity index (χ0v) is 19.0. The lowest BCUT2D eigenvalue weighted by molar-refractivity contribution is 0.136. The van der Waals surface area contributed by atoms with Gasteiger partial charge in [0.2, 0.25) is 0 Å². The first-order valence-electron chi connectivity index (χ1n) is 9.34. The minimum atomic E-state index is -0.162. The fourth-order valence-electron chi connectivity index (χ4n) is 2.77. The van der Waals surface area contributed by atoms with Crippen molar-refractivity contribution in [2.45, 2.75) is 25.1 Å². The van der Waals surface area contributed by atoms with E-state index in [0.717, 1.165) is 16.9 Å². The molecular weight excluding hydrogens is 443 g/mol. The molecule has 0 radical (unpaired) electrons. The van der Waals surface area contributed by atoms with E-state index in [4.69, 9.17) is 32.7 Å². The first-order chi connectivity index (χ1) is 14.5. The van der Waals surface area contributed by atoms with Gasteiger partial charge in [-0.05, 0) is 42.3 Å². The summed E-state index contributed by atoms with van der Waals surface area (Å²) in [5.41, 5.74) is 2.90. The number of rotatable bonds is 9. The molecule has 2 aromatic carbocycles. The zero-order valence-electron chi connectivity index (χ0n) is 16.7. The lowest BCUT2D eigenvalue weighted by atomic mass is 10.1. The lowest BCUT2D eigenvalue weighted by Crippen LogP contribution is -2.16. The SMILES string of the molecule is COc1ccc(COCCSc2nc(Cc3c(Cl)cccc3Cl)c(C)c(=O)[nH]2)cc1. The number of halogens is 2. The van der Waals surface area contributed by atoms with Crippen molar-refractivity contribution >= 4 is 35.0 Å². The number of benzene rings is 2. The Morgan fingerprint density at radius 1 is 1.10 bits per heavy atom. The predicted octanol–water partition coefficient (Wildman–Crippen LogP) is 5.29. The second kappa shape index (κ2) is 10.9. The molecule has 0 aliphatic heterocycles. The van der Waals surface area contributed by atoms with Gasteiger partial charge in [0.05, 0.1) is 26.0 Å². The normalized spacial score (nSPS) is 10.9. The van der Waals surface area contributed by atoms with Crippen LogP contribution < -0.4 is 10.3 Å². The zero-order chi connectivity index (χ0) is 21.5. The molecule has 1 heterocycles. The second-order valence-corrected chi connectivity index (χ2v) is 8.47. The quantitative estimate of drug-likeness (QED) is 0.264. The number of methoxy groups -OCH3 is 1. The number of H-pyrrole nitrogens is 1. The Balaban J connectivity index is 1.58. The highest BCUT2D eigenvalue weighted by Crippen LogP contribution is 2.27. The summed E-state index contributed by atoms with van der Waals surface area (Å²) in [5.74, 6) is 1.48. The number of hydrogen-bond donors (Lipinski definition) is 1. The van der Waals surface area contributed by atoms with E-state index >= 15 is 0 Å². The van der Waals surface area contributed by atoms with Gasteiger partial charge in [0.25, 0.3) is 5.56 Å². The van der Waals surface area contributed by atoms with Crippen LogP contribution in [0.3, 0.4) is 0 Å². The topological polar surface area (TPSA) is 64.2 Å². The van der Waals surface area contributed by atoms with Gasteiger partial charge >= 0.3 is 0 Å². The molecule has 30 heavy (non-hydrogen) atoms. The smallest absolute Gasteiger partial charge is 0.254 e. The summed E-state index contributed by atoms with van der Waals surface area (Å²) >= 11 is 14.0. The summed E-state index contributed by atoms with van der Waals surface area (Å²) in [7, 11) is 1.64. The molecule has 3 aromatic rings. The molecule has 8 heteroatoms. The highest BCUT2D eigenvalue weighted by molar-refractivity contribution is 7.99. The Morgan fingerprint density at radius 3 is 2.47 bits per heavy atom. The van der Waals surface area contributed by atoms with Gasteiger partial charge in [-0.25, -0.2) is 4.98 Å². The third-order valence-corrected chi connectivity index (χ3v) is 6.08. The molecule has 0 saturated heterocycles. The fourth-order valence-corrected chi connectivity index (χ4v) is 4.04. The molecule has 0 aliphatic rings. The summed E-state index contributed by atoms with van der Waals surface area (Å²) in [6, 6.07) is 13.1. The largest absolute Gasteiger partial charge is 0.497 e. The van der Waals surface area contributed by atoms with Crippen molar-refractivity contribution in [1.82, 2.24) is 9.97 Å².